The second-order valence-electron chi connectivity index (χ2n) is 6.25. The van der Waals surface area contributed by atoms with Crippen molar-refractivity contribution in [3.63, 3.8) is 0 Å². The summed E-state index contributed by atoms with van der Waals surface area (Å²) in [4.78, 5) is 18.1. The fraction of sp³-hybridized carbons (Fsp3) is 0.471. The van der Waals surface area contributed by atoms with Gasteiger partial charge in [0.25, 0.3) is 0 Å². The van der Waals surface area contributed by atoms with E-state index in [1.54, 1.807) is 18.2 Å². The van der Waals surface area contributed by atoms with E-state index in [9.17, 15) is 4.39 Å². The Bertz CT molecular complexity index is 676. The second-order valence-corrected chi connectivity index (χ2v) is 6.25. The first-order valence-corrected chi connectivity index (χ1v) is 8.57. The lowest BCUT2D eigenvalue weighted by molar-refractivity contribution is 0.631. The molecule has 2 aliphatic rings. The predicted octanol–water partition coefficient (Wildman–Crippen LogP) is 2.95. The molecule has 0 spiro atoms. The molecule has 1 aromatic carbocycles. The number of benzene rings is 1. The van der Waals surface area contributed by atoms with Crippen molar-refractivity contribution in [1.82, 2.24) is 15.0 Å². The molecule has 0 radical (unpaired) electrons. The first-order chi connectivity index (χ1) is 11.8. The average molecular weight is 328 g/mol. The smallest absolute Gasteiger partial charge is 0.233 e. The topological polar surface area (TPSA) is 57.2 Å². The van der Waals surface area contributed by atoms with Crippen LogP contribution in [0.5, 0.6) is 0 Å². The van der Waals surface area contributed by atoms with Gasteiger partial charge in [-0.15, -0.1) is 0 Å². The Morgan fingerprint density at radius 2 is 1.33 bits per heavy atom. The lowest BCUT2D eigenvalue weighted by Crippen LogP contribution is -2.25. The van der Waals surface area contributed by atoms with Crippen LogP contribution in [0.4, 0.5) is 27.9 Å². The number of rotatable bonds is 4. The number of para-hydroxylation sites is 1. The molecule has 0 bridgehead atoms. The normalized spacial score (nSPS) is 17.5. The van der Waals surface area contributed by atoms with Crippen LogP contribution in [-0.4, -0.2) is 41.1 Å². The highest BCUT2D eigenvalue weighted by Gasteiger charge is 2.21. The van der Waals surface area contributed by atoms with Gasteiger partial charge in [-0.05, 0) is 37.8 Å². The predicted molar refractivity (Wildman–Crippen MR) is 92.4 cm³/mol. The summed E-state index contributed by atoms with van der Waals surface area (Å²) >= 11 is 0. The Balaban J connectivity index is 1.67. The van der Waals surface area contributed by atoms with Crippen molar-refractivity contribution in [1.29, 1.82) is 0 Å². The molecule has 2 aromatic rings. The molecule has 3 heterocycles. The molecule has 2 saturated heterocycles. The van der Waals surface area contributed by atoms with Gasteiger partial charge < -0.3 is 15.1 Å². The summed E-state index contributed by atoms with van der Waals surface area (Å²) < 4.78 is 13.9. The number of hydrogen-bond donors (Lipinski definition) is 1. The second kappa shape index (κ2) is 6.59. The number of hydrogen-bond acceptors (Lipinski definition) is 6. The zero-order chi connectivity index (χ0) is 16.4. The van der Waals surface area contributed by atoms with Gasteiger partial charge in [0.2, 0.25) is 17.8 Å². The molecule has 0 saturated carbocycles. The van der Waals surface area contributed by atoms with E-state index < -0.39 is 0 Å². The molecule has 1 aromatic heterocycles. The van der Waals surface area contributed by atoms with Crippen LogP contribution >= 0.6 is 0 Å². The zero-order valence-corrected chi connectivity index (χ0v) is 13.6. The average Bonchev–Trinajstić information content (AvgIpc) is 3.31. The Hall–Kier alpha value is -2.44. The molecular formula is C17H21FN6. The van der Waals surface area contributed by atoms with Crippen molar-refractivity contribution in [3.8, 4) is 0 Å². The standard InChI is InChI=1S/C17H21FN6/c18-13-7-1-2-8-14(13)19-15-20-16(23-9-3-4-10-23)22-17(21-15)24-11-5-6-12-24/h1-2,7-8H,3-6,9-12H2,(H,19,20,21,22). The SMILES string of the molecule is Fc1ccccc1Nc1nc(N2CCCC2)nc(N2CCCC2)n1. The highest BCUT2D eigenvalue weighted by Crippen LogP contribution is 2.24. The van der Waals surface area contributed by atoms with Crippen LogP contribution in [0.25, 0.3) is 0 Å². The highest BCUT2D eigenvalue weighted by atomic mass is 19.1. The van der Waals surface area contributed by atoms with Gasteiger partial charge in [0.1, 0.15) is 5.82 Å². The minimum atomic E-state index is -0.316. The van der Waals surface area contributed by atoms with E-state index in [4.69, 9.17) is 0 Å². The first kappa shape index (κ1) is 15.1. The van der Waals surface area contributed by atoms with Gasteiger partial charge in [0.15, 0.2) is 0 Å². The molecule has 0 atom stereocenters. The maximum Gasteiger partial charge on any atom is 0.233 e. The molecule has 2 aliphatic heterocycles. The third-order valence-corrected chi connectivity index (χ3v) is 4.51. The molecule has 0 aliphatic carbocycles. The summed E-state index contributed by atoms with van der Waals surface area (Å²) in [5.41, 5.74) is 0.378. The molecular weight excluding hydrogens is 307 g/mol. The monoisotopic (exact) mass is 328 g/mol. The van der Waals surface area contributed by atoms with Gasteiger partial charge in [-0.2, -0.15) is 15.0 Å². The van der Waals surface area contributed by atoms with Crippen molar-refractivity contribution in [2.75, 3.05) is 41.3 Å². The van der Waals surface area contributed by atoms with E-state index >= 15 is 0 Å². The highest BCUT2D eigenvalue weighted by molar-refractivity contribution is 5.57. The number of anilines is 4. The Labute approximate surface area is 140 Å². The van der Waals surface area contributed by atoms with Crippen LogP contribution in [0.1, 0.15) is 25.7 Å². The Kier molecular flexibility index (Phi) is 4.15. The fourth-order valence-corrected chi connectivity index (χ4v) is 3.21. The van der Waals surface area contributed by atoms with Crippen molar-refractivity contribution >= 4 is 23.5 Å². The van der Waals surface area contributed by atoms with Crippen molar-refractivity contribution in [3.05, 3.63) is 30.1 Å². The molecule has 126 valence electrons. The number of aromatic nitrogens is 3. The Morgan fingerprint density at radius 1 is 0.792 bits per heavy atom. The fourth-order valence-electron chi connectivity index (χ4n) is 3.21. The van der Waals surface area contributed by atoms with Crippen molar-refractivity contribution in [2.45, 2.75) is 25.7 Å². The summed E-state index contributed by atoms with van der Waals surface area (Å²) in [5, 5.41) is 3.01. The zero-order valence-electron chi connectivity index (χ0n) is 13.6. The number of nitrogens with zero attached hydrogens (tertiary/aromatic N) is 5. The van der Waals surface area contributed by atoms with E-state index in [1.807, 2.05) is 0 Å². The van der Waals surface area contributed by atoms with Gasteiger partial charge in [0.05, 0.1) is 5.69 Å². The maximum atomic E-state index is 13.9. The van der Waals surface area contributed by atoms with E-state index in [1.165, 1.54) is 6.07 Å². The maximum absolute atomic E-state index is 13.9. The van der Waals surface area contributed by atoms with E-state index in [0.717, 1.165) is 51.9 Å². The van der Waals surface area contributed by atoms with Gasteiger partial charge >= 0.3 is 0 Å². The Morgan fingerprint density at radius 3 is 1.88 bits per heavy atom. The van der Waals surface area contributed by atoms with Gasteiger partial charge in [-0.1, -0.05) is 12.1 Å². The van der Waals surface area contributed by atoms with Gasteiger partial charge in [-0.25, -0.2) is 4.39 Å². The van der Waals surface area contributed by atoms with Crippen LogP contribution in [-0.2, 0) is 0 Å². The molecule has 0 unspecified atom stereocenters. The van der Waals surface area contributed by atoms with Crippen LogP contribution in [0.2, 0.25) is 0 Å². The quantitative estimate of drug-likeness (QED) is 0.931. The van der Waals surface area contributed by atoms with E-state index in [-0.39, 0.29) is 5.82 Å². The molecule has 0 amide bonds. The molecule has 1 N–H and O–H groups in total. The first-order valence-electron chi connectivity index (χ1n) is 8.57. The molecule has 24 heavy (non-hydrogen) atoms. The third-order valence-electron chi connectivity index (χ3n) is 4.51. The molecule has 7 heteroatoms. The summed E-state index contributed by atoms with van der Waals surface area (Å²) in [6.45, 7) is 3.84. The molecule has 2 fully saturated rings. The minimum Gasteiger partial charge on any atom is -0.341 e. The molecule has 4 rings (SSSR count). The van der Waals surface area contributed by atoms with E-state index in [0.29, 0.717) is 23.5 Å². The largest absolute Gasteiger partial charge is 0.341 e. The van der Waals surface area contributed by atoms with Crippen molar-refractivity contribution in [2.24, 2.45) is 0 Å². The summed E-state index contributed by atoms with van der Waals surface area (Å²) in [6, 6.07) is 6.56. The van der Waals surface area contributed by atoms with Gasteiger partial charge in [-0.3, -0.25) is 0 Å². The van der Waals surface area contributed by atoms with E-state index in [2.05, 4.69) is 30.1 Å². The third kappa shape index (κ3) is 3.11. The van der Waals surface area contributed by atoms with Gasteiger partial charge in [0, 0.05) is 26.2 Å². The molecule has 6 nitrogen and oxygen atoms in total. The van der Waals surface area contributed by atoms with Crippen LogP contribution in [0.3, 0.4) is 0 Å². The number of nitrogens with one attached hydrogen (secondary N) is 1. The lowest BCUT2D eigenvalue weighted by Gasteiger charge is -2.20. The van der Waals surface area contributed by atoms with Crippen LogP contribution < -0.4 is 15.1 Å². The summed E-state index contributed by atoms with van der Waals surface area (Å²) in [7, 11) is 0. The summed E-state index contributed by atoms with van der Waals surface area (Å²) in [5.74, 6) is 1.45. The lowest BCUT2D eigenvalue weighted by atomic mass is 10.3. The van der Waals surface area contributed by atoms with Crippen LogP contribution in [0.15, 0.2) is 24.3 Å². The summed E-state index contributed by atoms with van der Waals surface area (Å²) in [6.07, 6.45) is 4.61. The van der Waals surface area contributed by atoms with Crippen molar-refractivity contribution < 1.29 is 4.39 Å². The number of halogens is 1. The van der Waals surface area contributed by atoms with Crippen LogP contribution in [0, 0.1) is 5.82 Å². The minimum absolute atomic E-state index is 0.316.